The number of nitrogens with zero attached hydrogens (tertiary/aromatic N) is 2. The topological polar surface area (TPSA) is 112 Å². The van der Waals surface area contributed by atoms with Crippen LogP contribution in [-0.2, 0) is 6.54 Å². The summed E-state index contributed by atoms with van der Waals surface area (Å²) < 4.78 is 0. The van der Waals surface area contributed by atoms with Gasteiger partial charge in [0, 0.05) is 24.7 Å². The quantitative estimate of drug-likeness (QED) is 0.454. The molecule has 0 atom stereocenters. The molecule has 1 fully saturated rings. The summed E-state index contributed by atoms with van der Waals surface area (Å²) in [5.41, 5.74) is -0.293. The van der Waals surface area contributed by atoms with Gasteiger partial charge in [-0.05, 0) is 25.5 Å². The summed E-state index contributed by atoms with van der Waals surface area (Å²) in [6.07, 6.45) is 5.84. The van der Waals surface area contributed by atoms with Gasteiger partial charge in [-0.1, -0.05) is 19.3 Å². The lowest BCUT2D eigenvalue weighted by Crippen LogP contribution is -2.33. The van der Waals surface area contributed by atoms with Crippen molar-refractivity contribution in [3.8, 4) is 0 Å². The van der Waals surface area contributed by atoms with Crippen LogP contribution in [-0.4, -0.2) is 32.9 Å². The minimum absolute atomic E-state index is 0. The molecule has 1 heterocycles. The molecule has 8 nitrogen and oxygen atoms in total. The van der Waals surface area contributed by atoms with Crippen molar-refractivity contribution in [1.82, 2.24) is 14.9 Å². The molecule has 9 heteroatoms. The van der Waals surface area contributed by atoms with Gasteiger partial charge in [-0.25, -0.2) is 0 Å². The van der Waals surface area contributed by atoms with E-state index in [1.807, 2.05) is 7.05 Å². The van der Waals surface area contributed by atoms with E-state index in [0.717, 1.165) is 12.8 Å². The third-order valence-corrected chi connectivity index (χ3v) is 4.73. The van der Waals surface area contributed by atoms with Gasteiger partial charge in [-0.15, -0.1) is 17.0 Å². The average molecular weight is 413 g/mol. The third-order valence-electron chi connectivity index (χ3n) is 4.73. The number of rotatable bonds is 4. The van der Waals surface area contributed by atoms with Crippen LogP contribution in [0.15, 0.2) is 21.7 Å². The van der Waals surface area contributed by atoms with Crippen LogP contribution >= 0.6 is 17.0 Å². The van der Waals surface area contributed by atoms with Crippen molar-refractivity contribution < 1.29 is 4.92 Å². The Labute approximate surface area is 154 Å². The third kappa shape index (κ3) is 4.16. The Morgan fingerprint density at radius 2 is 1.80 bits per heavy atom. The Morgan fingerprint density at radius 3 is 2.44 bits per heavy atom. The standard InChI is InChI=1S/C16H20N4O4.BrH/c1-19(11-5-3-2-4-6-11)9-10-7-12(20(23)24)8-13-14(10)18-16(22)15(21)17-13;/h7-8,11H,2-6,9H2,1H3,(H,17,21)(H,18,22);1H. The monoisotopic (exact) mass is 412 g/mol. The first-order valence-corrected chi connectivity index (χ1v) is 8.09. The minimum Gasteiger partial charge on any atom is -0.316 e. The molecule has 1 aromatic heterocycles. The Morgan fingerprint density at radius 1 is 1.16 bits per heavy atom. The summed E-state index contributed by atoms with van der Waals surface area (Å²) in [5, 5.41) is 11.2. The van der Waals surface area contributed by atoms with Crippen LogP contribution in [0.1, 0.15) is 37.7 Å². The van der Waals surface area contributed by atoms with E-state index >= 15 is 0 Å². The summed E-state index contributed by atoms with van der Waals surface area (Å²) in [6, 6.07) is 3.18. The maximum absolute atomic E-state index is 11.6. The molecular formula is C16H21BrN4O4. The number of nitrogens with one attached hydrogen (secondary N) is 2. The summed E-state index contributed by atoms with van der Waals surface area (Å²) in [7, 11) is 1.99. The second-order valence-corrected chi connectivity index (χ2v) is 6.40. The van der Waals surface area contributed by atoms with Gasteiger partial charge in [0.1, 0.15) is 0 Å². The van der Waals surface area contributed by atoms with Crippen LogP contribution < -0.4 is 11.1 Å². The van der Waals surface area contributed by atoms with Gasteiger partial charge >= 0.3 is 11.1 Å². The number of hydrogen-bond acceptors (Lipinski definition) is 5. The number of nitro groups is 1. The number of aromatic amines is 2. The van der Waals surface area contributed by atoms with Crippen molar-refractivity contribution in [2.45, 2.75) is 44.7 Å². The van der Waals surface area contributed by atoms with Gasteiger partial charge in [0.15, 0.2) is 0 Å². The zero-order valence-corrected chi connectivity index (χ0v) is 15.6. The molecule has 1 aliphatic carbocycles. The highest BCUT2D eigenvalue weighted by molar-refractivity contribution is 8.93. The number of aromatic nitrogens is 2. The van der Waals surface area contributed by atoms with E-state index in [1.54, 1.807) is 0 Å². The molecule has 0 spiro atoms. The smallest absolute Gasteiger partial charge is 0.314 e. The van der Waals surface area contributed by atoms with Crippen molar-refractivity contribution in [3.05, 3.63) is 48.5 Å². The van der Waals surface area contributed by atoms with Gasteiger partial charge in [0.25, 0.3) is 5.69 Å². The minimum atomic E-state index is -0.811. The summed E-state index contributed by atoms with van der Waals surface area (Å²) in [5.74, 6) is 0. The molecule has 2 N–H and O–H groups in total. The first-order chi connectivity index (χ1) is 11.5. The fourth-order valence-corrected chi connectivity index (χ4v) is 3.43. The Balaban J connectivity index is 0.00000225. The zero-order valence-electron chi connectivity index (χ0n) is 13.9. The van der Waals surface area contributed by atoms with E-state index in [4.69, 9.17) is 0 Å². The first kappa shape index (κ1) is 19.3. The van der Waals surface area contributed by atoms with Crippen molar-refractivity contribution >= 4 is 33.7 Å². The van der Waals surface area contributed by atoms with Gasteiger partial charge in [-0.3, -0.25) is 24.6 Å². The maximum Gasteiger partial charge on any atom is 0.314 e. The van der Waals surface area contributed by atoms with E-state index in [1.165, 1.54) is 31.4 Å². The lowest BCUT2D eigenvalue weighted by Gasteiger charge is -2.31. The molecule has 0 saturated heterocycles. The molecule has 0 amide bonds. The zero-order chi connectivity index (χ0) is 17.3. The fraction of sp³-hybridized carbons (Fsp3) is 0.500. The highest BCUT2D eigenvalue weighted by atomic mass is 79.9. The number of hydrogen-bond donors (Lipinski definition) is 2. The van der Waals surface area contributed by atoms with Crippen molar-refractivity contribution in [3.63, 3.8) is 0 Å². The number of non-ortho nitro benzene ring substituents is 1. The van der Waals surface area contributed by atoms with Crippen LogP contribution in [0.3, 0.4) is 0 Å². The normalized spacial score (nSPS) is 15.3. The second kappa shape index (κ2) is 7.92. The van der Waals surface area contributed by atoms with Gasteiger partial charge in [-0.2, -0.15) is 0 Å². The molecule has 136 valence electrons. The molecule has 3 rings (SSSR count). The largest absolute Gasteiger partial charge is 0.316 e. The van der Waals surface area contributed by atoms with Crippen LogP contribution in [0, 0.1) is 10.1 Å². The van der Waals surface area contributed by atoms with Crippen molar-refractivity contribution in [2.75, 3.05) is 7.05 Å². The fourth-order valence-electron chi connectivity index (χ4n) is 3.43. The summed E-state index contributed by atoms with van der Waals surface area (Å²) in [4.78, 5) is 41.0. The first-order valence-electron chi connectivity index (χ1n) is 8.09. The highest BCUT2D eigenvalue weighted by Gasteiger charge is 2.20. The molecule has 1 saturated carbocycles. The second-order valence-electron chi connectivity index (χ2n) is 6.40. The lowest BCUT2D eigenvalue weighted by atomic mass is 9.94. The average Bonchev–Trinajstić information content (AvgIpc) is 2.57. The molecule has 1 aromatic carbocycles. The van der Waals surface area contributed by atoms with E-state index < -0.39 is 16.0 Å². The van der Waals surface area contributed by atoms with Crippen LogP contribution in [0.2, 0.25) is 0 Å². The molecule has 0 unspecified atom stereocenters. The van der Waals surface area contributed by atoms with Gasteiger partial charge < -0.3 is 9.97 Å². The van der Waals surface area contributed by atoms with E-state index in [2.05, 4.69) is 14.9 Å². The number of benzene rings is 1. The van der Waals surface area contributed by atoms with E-state index in [9.17, 15) is 19.7 Å². The predicted octanol–water partition coefficient (Wildman–Crippen LogP) is 2.47. The van der Waals surface area contributed by atoms with E-state index in [-0.39, 0.29) is 28.2 Å². The molecule has 0 radical (unpaired) electrons. The van der Waals surface area contributed by atoms with E-state index in [0.29, 0.717) is 23.7 Å². The molecular weight excluding hydrogens is 392 g/mol. The molecule has 1 aliphatic rings. The highest BCUT2D eigenvalue weighted by Crippen LogP contribution is 2.26. The lowest BCUT2D eigenvalue weighted by molar-refractivity contribution is -0.384. The summed E-state index contributed by atoms with van der Waals surface area (Å²) in [6.45, 7) is 0.477. The van der Waals surface area contributed by atoms with Crippen LogP contribution in [0.4, 0.5) is 5.69 Å². The Bertz CT molecular complexity index is 886. The molecule has 0 aliphatic heterocycles. The van der Waals surface area contributed by atoms with Crippen molar-refractivity contribution in [1.29, 1.82) is 0 Å². The Kier molecular flexibility index (Phi) is 6.12. The van der Waals surface area contributed by atoms with Gasteiger partial charge in [0.2, 0.25) is 0 Å². The molecule has 0 bridgehead atoms. The number of H-pyrrole nitrogens is 2. The van der Waals surface area contributed by atoms with Crippen LogP contribution in [0.5, 0.6) is 0 Å². The molecule has 2 aromatic rings. The maximum atomic E-state index is 11.6. The summed E-state index contributed by atoms with van der Waals surface area (Å²) >= 11 is 0. The van der Waals surface area contributed by atoms with Crippen molar-refractivity contribution in [2.24, 2.45) is 0 Å². The number of halogens is 1. The number of nitro benzene ring substituents is 1. The SMILES string of the molecule is Br.CN(Cc1cc([N+](=O)[O-])cc2[nH]c(=O)c(=O)[nH]c12)C1CCCCC1. The Hall–Kier alpha value is -2.00. The predicted molar refractivity (Wildman–Crippen MR) is 101 cm³/mol. The molecule has 25 heavy (non-hydrogen) atoms. The number of fused-ring (bicyclic) bond motifs is 1. The van der Waals surface area contributed by atoms with Crippen LogP contribution in [0.25, 0.3) is 11.0 Å². The van der Waals surface area contributed by atoms with Gasteiger partial charge in [0.05, 0.1) is 16.0 Å².